The van der Waals surface area contributed by atoms with Gasteiger partial charge in [-0.25, -0.2) is 9.98 Å². The molecule has 22 heavy (non-hydrogen) atoms. The number of carbonyl (C=O) groups excluding carboxylic acids is 1. The fraction of sp³-hybridized carbons (Fsp3) is 0.235. The van der Waals surface area contributed by atoms with Crippen molar-refractivity contribution in [1.82, 2.24) is 4.98 Å². The number of pyridine rings is 1. The molecule has 0 unspecified atom stereocenters. The molecule has 5 nitrogen and oxygen atoms in total. The molecule has 1 heterocycles. The van der Waals surface area contributed by atoms with Crippen LogP contribution in [0.3, 0.4) is 0 Å². The van der Waals surface area contributed by atoms with Gasteiger partial charge in [0.25, 0.3) is 0 Å². The molecule has 0 saturated heterocycles. The molecular formula is C17H18N2O3. The van der Waals surface area contributed by atoms with E-state index in [9.17, 15) is 4.79 Å². The quantitative estimate of drug-likeness (QED) is 0.606. The maximum absolute atomic E-state index is 12.1. The Morgan fingerprint density at radius 2 is 1.95 bits per heavy atom. The number of aromatic nitrogens is 1. The lowest BCUT2D eigenvalue weighted by molar-refractivity contribution is 0.100. The third-order valence-corrected chi connectivity index (χ3v) is 3.10. The smallest absolute Gasteiger partial charge is 0.168 e. The lowest BCUT2D eigenvalue weighted by Gasteiger charge is -2.08. The zero-order valence-electron chi connectivity index (χ0n) is 12.9. The zero-order valence-corrected chi connectivity index (χ0v) is 12.9. The largest absolute Gasteiger partial charge is 0.493 e. The van der Waals surface area contributed by atoms with Crippen LogP contribution >= 0.6 is 0 Å². The SMILES string of the molecule is COc1ccc(C(=O)CC=Nc2ccc(C)cn2)cc1OC. The topological polar surface area (TPSA) is 60.8 Å². The van der Waals surface area contributed by atoms with Crippen LogP contribution in [0, 0.1) is 6.92 Å². The maximum atomic E-state index is 12.1. The fourth-order valence-corrected chi connectivity index (χ4v) is 1.89. The normalized spacial score (nSPS) is 10.7. The number of ether oxygens (including phenoxy) is 2. The molecular weight excluding hydrogens is 280 g/mol. The fourth-order valence-electron chi connectivity index (χ4n) is 1.89. The van der Waals surface area contributed by atoms with Gasteiger partial charge in [-0.2, -0.15) is 0 Å². The van der Waals surface area contributed by atoms with Crippen molar-refractivity contribution >= 4 is 17.8 Å². The summed E-state index contributed by atoms with van der Waals surface area (Å²) in [5.41, 5.74) is 1.63. The molecule has 0 aliphatic carbocycles. The summed E-state index contributed by atoms with van der Waals surface area (Å²) < 4.78 is 10.3. The summed E-state index contributed by atoms with van der Waals surface area (Å²) >= 11 is 0. The predicted octanol–water partition coefficient (Wildman–Crippen LogP) is 3.38. The standard InChI is InChI=1S/C17H18N2O3/c1-12-4-7-17(19-11-12)18-9-8-14(20)13-5-6-15(21-2)16(10-13)22-3/h4-7,9-11H,8H2,1-3H3. The van der Waals surface area contributed by atoms with Crippen LogP contribution in [-0.4, -0.2) is 31.2 Å². The average molecular weight is 298 g/mol. The number of carbonyl (C=O) groups is 1. The minimum atomic E-state index is -0.0446. The van der Waals surface area contributed by atoms with Crippen LogP contribution in [-0.2, 0) is 0 Å². The Labute approximate surface area is 129 Å². The molecule has 0 bridgehead atoms. The van der Waals surface area contributed by atoms with Gasteiger partial charge < -0.3 is 9.47 Å². The van der Waals surface area contributed by atoms with Crippen molar-refractivity contribution in [3.63, 3.8) is 0 Å². The highest BCUT2D eigenvalue weighted by Gasteiger charge is 2.09. The van der Waals surface area contributed by atoms with E-state index in [4.69, 9.17) is 9.47 Å². The Morgan fingerprint density at radius 3 is 2.59 bits per heavy atom. The number of benzene rings is 1. The summed E-state index contributed by atoms with van der Waals surface area (Å²) in [6, 6.07) is 8.83. The molecule has 0 saturated carbocycles. The van der Waals surface area contributed by atoms with Crippen LogP contribution in [0.2, 0.25) is 0 Å². The molecule has 1 aromatic heterocycles. The Bertz CT molecular complexity index is 679. The van der Waals surface area contributed by atoms with Crippen LogP contribution in [0.15, 0.2) is 41.5 Å². The van der Waals surface area contributed by atoms with E-state index in [1.807, 2.05) is 19.1 Å². The summed E-state index contributed by atoms with van der Waals surface area (Å²) in [6.07, 6.45) is 3.50. The summed E-state index contributed by atoms with van der Waals surface area (Å²) in [5, 5.41) is 0. The van der Waals surface area contributed by atoms with Crippen molar-refractivity contribution in [2.45, 2.75) is 13.3 Å². The molecule has 2 rings (SSSR count). The second-order valence-corrected chi connectivity index (χ2v) is 4.70. The van der Waals surface area contributed by atoms with Crippen molar-refractivity contribution in [3.8, 4) is 11.5 Å². The van der Waals surface area contributed by atoms with E-state index in [1.165, 1.54) is 7.11 Å². The first-order chi connectivity index (χ1) is 10.6. The highest BCUT2D eigenvalue weighted by molar-refractivity contribution is 6.04. The summed E-state index contributed by atoms with van der Waals surface area (Å²) in [5.74, 6) is 1.67. The minimum Gasteiger partial charge on any atom is -0.493 e. The first-order valence-corrected chi connectivity index (χ1v) is 6.84. The van der Waals surface area contributed by atoms with Gasteiger partial charge in [0.15, 0.2) is 23.1 Å². The van der Waals surface area contributed by atoms with Gasteiger partial charge in [0, 0.05) is 24.4 Å². The number of hydrogen-bond acceptors (Lipinski definition) is 5. The zero-order chi connectivity index (χ0) is 15.9. The molecule has 0 radical (unpaired) electrons. The Hall–Kier alpha value is -2.69. The Kier molecular flexibility index (Phi) is 5.25. The van der Waals surface area contributed by atoms with E-state index in [0.717, 1.165) is 5.56 Å². The number of methoxy groups -OCH3 is 2. The highest BCUT2D eigenvalue weighted by atomic mass is 16.5. The van der Waals surface area contributed by atoms with Crippen LogP contribution in [0.1, 0.15) is 22.3 Å². The second kappa shape index (κ2) is 7.36. The van der Waals surface area contributed by atoms with Gasteiger partial charge in [0.05, 0.1) is 14.2 Å². The number of Topliss-reactive ketones (excluding diaryl/α,β-unsaturated/α-hetero) is 1. The molecule has 2 aromatic rings. The Balaban J connectivity index is 2.04. The lowest BCUT2D eigenvalue weighted by atomic mass is 10.1. The third kappa shape index (κ3) is 3.91. The van der Waals surface area contributed by atoms with Crippen molar-refractivity contribution in [1.29, 1.82) is 0 Å². The van der Waals surface area contributed by atoms with Gasteiger partial charge in [-0.05, 0) is 36.8 Å². The van der Waals surface area contributed by atoms with Gasteiger partial charge in [-0.1, -0.05) is 6.07 Å². The van der Waals surface area contributed by atoms with E-state index in [2.05, 4.69) is 9.98 Å². The van der Waals surface area contributed by atoms with Crippen molar-refractivity contribution in [3.05, 3.63) is 47.7 Å². The summed E-state index contributed by atoms with van der Waals surface area (Å²) in [7, 11) is 3.09. The number of aryl methyl sites for hydroxylation is 1. The van der Waals surface area contributed by atoms with Crippen molar-refractivity contribution < 1.29 is 14.3 Å². The predicted molar refractivity (Wildman–Crippen MR) is 85.6 cm³/mol. The van der Waals surface area contributed by atoms with Crippen molar-refractivity contribution in [2.75, 3.05) is 14.2 Å². The van der Waals surface area contributed by atoms with Gasteiger partial charge in [-0.15, -0.1) is 0 Å². The Morgan fingerprint density at radius 1 is 1.18 bits per heavy atom. The monoisotopic (exact) mass is 298 g/mol. The lowest BCUT2D eigenvalue weighted by Crippen LogP contribution is -2.01. The van der Waals surface area contributed by atoms with E-state index in [1.54, 1.807) is 37.7 Å². The van der Waals surface area contributed by atoms with Gasteiger partial charge in [0.1, 0.15) is 0 Å². The van der Waals surface area contributed by atoms with Crippen molar-refractivity contribution in [2.24, 2.45) is 4.99 Å². The van der Waals surface area contributed by atoms with Crippen LogP contribution < -0.4 is 9.47 Å². The molecule has 0 spiro atoms. The molecule has 0 N–H and O–H groups in total. The van der Waals surface area contributed by atoms with Crippen LogP contribution in [0.4, 0.5) is 5.82 Å². The number of hydrogen-bond donors (Lipinski definition) is 0. The van der Waals surface area contributed by atoms with Crippen LogP contribution in [0.25, 0.3) is 0 Å². The molecule has 114 valence electrons. The van der Waals surface area contributed by atoms with Gasteiger partial charge in [-0.3, -0.25) is 4.79 Å². The van der Waals surface area contributed by atoms with E-state index in [-0.39, 0.29) is 12.2 Å². The third-order valence-electron chi connectivity index (χ3n) is 3.10. The number of ketones is 1. The summed E-state index contributed by atoms with van der Waals surface area (Å²) in [4.78, 5) is 20.5. The van der Waals surface area contributed by atoms with Crippen LogP contribution in [0.5, 0.6) is 11.5 Å². The summed E-state index contributed by atoms with van der Waals surface area (Å²) in [6.45, 7) is 1.96. The highest BCUT2D eigenvalue weighted by Crippen LogP contribution is 2.27. The molecule has 0 aliphatic rings. The molecule has 0 aliphatic heterocycles. The first-order valence-electron chi connectivity index (χ1n) is 6.84. The molecule has 0 fully saturated rings. The minimum absolute atomic E-state index is 0.0446. The average Bonchev–Trinajstić information content (AvgIpc) is 2.55. The van der Waals surface area contributed by atoms with E-state index in [0.29, 0.717) is 22.9 Å². The first kappa shape index (κ1) is 15.7. The molecule has 0 amide bonds. The maximum Gasteiger partial charge on any atom is 0.168 e. The van der Waals surface area contributed by atoms with Gasteiger partial charge in [0.2, 0.25) is 0 Å². The number of rotatable bonds is 6. The number of aliphatic imine (C=N–C) groups is 1. The van der Waals surface area contributed by atoms with E-state index < -0.39 is 0 Å². The van der Waals surface area contributed by atoms with Gasteiger partial charge >= 0.3 is 0 Å². The second-order valence-electron chi connectivity index (χ2n) is 4.70. The molecule has 5 heteroatoms. The molecule has 0 atom stereocenters. The van der Waals surface area contributed by atoms with E-state index >= 15 is 0 Å². The molecule has 1 aromatic carbocycles. The number of nitrogens with zero attached hydrogens (tertiary/aromatic N) is 2.